The molecular formula is C15H12F3N3O5S. The van der Waals surface area contributed by atoms with Crippen molar-refractivity contribution in [1.82, 2.24) is 4.57 Å². The zero-order valence-electron chi connectivity index (χ0n) is 13.4. The van der Waals surface area contributed by atoms with Gasteiger partial charge in [-0.25, -0.2) is 0 Å². The molecule has 2 amide bonds. The Morgan fingerprint density at radius 3 is 2.56 bits per heavy atom. The SMILES string of the molecule is NC(=O)c1ccsc1NC(=O)COC(=O)Cn1cc(C(F)(F)F)ccc1=O. The van der Waals surface area contributed by atoms with Gasteiger partial charge < -0.3 is 20.4 Å². The number of thiophene rings is 1. The first kappa shape index (κ1) is 20.2. The number of rotatable bonds is 6. The van der Waals surface area contributed by atoms with Crippen molar-refractivity contribution in [3.8, 4) is 0 Å². The maximum Gasteiger partial charge on any atom is 0.417 e. The number of halogens is 3. The molecule has 0 atom stereocenters. The third-order valence-corrected chi connectivity index (χ3v) is 3.99. The Hall–Kier alpha value is -3.15. The molecule has 0 spiro atoms. The molecule has 0 saturated carbocycles. The molecular weight excluding hydrogens is 391 g/mol. The van der Waals surface area contributed by atoms with Gasteiger partial charge in [0.1, 0.15) is 11.5 Å². The number of pyridine rings is 1. The fourth-order valence-electron chi connectivity index (χ4n) is 1.92. The average molecular weight is 403 g/mol. The van der Waals surface area contributed by atoms with Crippen LogP contribution in [0.3, 0.4) is 0 Å². The van der Waals surface area contributed by atoms with Gasteiger partial charge >= 0.3 is 12.1 Å². The quantitative estimate of drug-likeness (QED) is 0.703. The number of nitrogens with two attached hydrogens (primary N) is 1. The second kappa shape index (κ2) is 8.03. The number of nitrogens with one attached hydrogen (secondary N) is 1. The van der Waals surface area contributed by atoms with Crippen molar-refractivity contribution >= 4 is 34.1 Å². The molecule has 2 aromatic rings. The van der Waals surface area contributed by atoms with Gasteiger partial charge in [0.15, 0.2) is 6.61 Å². The van der Waals surface area contributed by atoms with Crippen LogP contribution in [0.25, 0.3) is 0 Å². The number of aromatic nitrogens is 1. The smallest absolute Gasteiger partial charge is 0.417 e. The Kier molecular flexibility index (Phi) is 6.00. The Balaban J connectivity index is 1.95. The van der Waals surface area contributed by atoms with Crippen LogP contribution in [0, 0.1) is 0 Å². The molecule has 2 aromatic heterocycles. The molecule has 0 fully saturated rings. The van der Waals surface area contributed by atoms with Gasteiger partial charge in [-0.2, -0.15) is 13.2 Å². The number of carbonyl (C=O) groups is 3. The number of alkyl halides is 3. The van der Waals surface area contributed by atoms with E-state index < -0.39 is 48.2 Å². The van der Waals surface area contributed by atoms with Crippen molar-refractivity contribution in [2.24, 2.45) is 5.73 Å². The molecule has 3 N–H and O–H groups in total. The Labute approximate surface area is 153 Å². The van der Waals surface area contributed by atoms with Crippen LogP contribution in [-0.2, 0) is 27.0 Å². The van der Waals surface area contributed by atoms with Gasteiger partial charge in [-0.15, -0.1) is 11.3 Å². The lowest BCUT2D eigenvalue weighted by molar-refractivity contribution is -0.148. The van der Waals surface area contributed by atoms with E-state index in [1.54, 1.807) is 0 Å². The molecule has 2 heterocycles. The summed E-state index contributed by atoms with van der Waals surface area (Å²) in [7, 11) is 0. The highest BCUT2D eigenvalue weighted by Crippen LogP contribution is 2.28. The lowest BCUT2D eigenvalue weighted by Crippen LogP contribution is -2.28. The van der Waals surface area contributed by atoms with E-state index in [-0.39, 0.29) is 10.6 Å². The maximum atomic E-state index is 12.6. The predicted octanol–water partition coefficient (Wildman–Crippen LogP) is 1.21. The van der Waals surface area contributed by atoms with Crippen LogP contribution >= 0.6 is 11.3 Å². The lowest BCUT2D eigenvalue weighted by Gasteiger charge is -2.10. The van der Waals surface area contributed by atoms with Crippen LogP contribution in [0.4, 0.5) is 18.2 Å². The third kappa shape index (κ3) is 5.41. The second-order valence-electron chi connectivity index (χ2n) is 5.12. The van der Waals surface area contributed by atoms with Crippen LogP contribution in [-0.4, -0.2) is 29.0 Å². The van der Waals surface area contributed by atoms with E-state index in [0.29, 0.717) is 22.9 Å². The molecule has 0 radical (unpaired) electrons. The first-order chi connectivity index (χ1) is 12.6. The van der Waals surface area contributed by atoms with E-state index in [9.17, 15) is 32.3 Å². The minimum Gasteiger partial charge on any atom is -0.454 e. The summed E-state index contributed by atoms with van der Waals surface area (Å²) in [5.41, 5.74) is 3.25. The number of amides is 2. The number of nitrogens with zero attached hydrogens (tertiary/aromatic N) is 1. The minimum atomic E-state index is -4.68. The molecule has 0 aliphatic rings. The average Bonchev–Trinajstić information content (AvgIpc) is 3.02. The van der Waals surface area contributed by atoms with Gasteiger partial charge in [0, 0.05) is 12.3 Å². The highest BCUT2D eigenvalue weighted by atomic mass is 32.1. The Bertz CT molecular complexity index is 935. The number of hydrogen-bond donors (Lipinski definition) is 2. The van der Waals surface area contributed by atoms with Crippen molar-refractivity contribution in [3.05, 3.63) is 51.3 Å². The molecule has 8 nitrogen and oxygen atoms in total. The highest BCUT2D eigenvalue weighted by molar-refractivity contribution is 7.14. The van der Waals surface area contributed by atoms with Crippen molar-refractivity contribution in [3.63, 3.8) is 0 Å². The van der Waals surface area contributed by atoms with Crippen LogP contribution in [0.2, 0.25) is 0 Å². The fourth-order valence-corrected chi connectivity index (χ4v) is 2.72. The van der Waals surface area contributed by atoms with Crippen LogP contribution in [0.1, 0.15) is 15.9 Å². The summed E-state index contributed by atoms with van der Waals surface area (Å²) in [5.74, 6) is -2.63. The summed E-state index contributed by atoms with van der Waals surface area (Å²) < 4.78 is 43.1. The molecule has 12 heteroatoms. The van der Waals surface area contributed by atoms with Crippen LogP contribution in [0.5, 0.6) is 0 Å². The van der Waals surface area contributed by atoms with Gasteiger partial charge in [-0.1, -0.05) is 0 Å². The van der Waals surface area contributed by atoms with Gasteiger partial charge in [-0.05, 0) is 17.5 Å². The van der Waals surface area contributed by atoms with Gasteiger partial charge in [0.25, 0.3) is 17.4 Å². The van der Waals surface area contributed by atoms with Crippen LogP contribution in [0.15, 0.2) is 34.6 Å². The van der Waals surface area contributed by atoms with E-state index in [2.05, 4.69) is 10.1 Å². The van der Waals surface area contributed by atoms with Gasteiger partial charge in [-0.3, -0.25) is 19.2 Å². The number of hydrogen-bond acceptors (Lipinski definition) is 6. The molecule has 0 aromatic carbocycles. The molecule has 0 aliphatic carbocycles. The third-order valence-electron chi connectivity index (χ3n) is 3.16. The first-order valence-electron chi connectivity index (χ1n) is 7.18. The molecule has 27 heavy (non-hydrogen) atoms. The molecule has 2 rings (SSSR count). The number of primary amides is 1. The molecule has 144 valence electrons. The molecule has 0 aliphatic heterocycles. The van der Waals surface area contributed by atoms with Crippen molar-refractivity contribution in [2.75, 3.05) is 11.9 Å². The lowest BCUT2D eigenvalue weighted by atomic mass is 10.3. The van der Waals surface area contributed by atoms with Crippen molar-refractivity contribution in [1.29, 1.82) is 0 Å². The van der Waals surface area contributed by atoms with E-state index >= 15 is 0 Å². The van der Waals surface area contributed by atoms with E-state index in [4.69, 9.17) is 5.73 Å². The van der Waals surface area contributed by atoms with E-state index in [0.717, 1.165) is 11.3 Å². The fraction of sp³-hybridized carbons (Fsp3) is 0.200. The zero-order chi connectivity index (χ0) is 20.2. The topological polar surface area (TPSA) is 120 Å². The summed E-state index contributed by atoms with van der Waals surface area (Å²) in [6.45, 7) is -1.57. The van der Waals surface area contributed by atoms with Crippen LogP contribution < -0.4 is 16.6 Å². The maximum absolute atomic E-state index is 12.6. The van der Waals surface area contributed by atoms with Gasteiger partial charge in [0.2, 0.25) is 0 Å². The standard InChI is InChI=1S/C15H12F3N3O5S/c16-15(17,18)8-1-2-11(23)21(5-8)6-12(24)26-7-10(22)20-14-9(13(19)25)3-4-27-14/h1-5H,6-7H2,(H2,19,25)(H,20,22). The Morgan fingerprint density at radius 2 is 1.93 bits per heavy atom. The molecule has 0 bridgehead atoms. The summed E-state index contributed by atoms with van der Waals surface area (Å²) >= 11 is 1.02. The number of ether oxygens (including phenoxy) is 1. The normalized spacial score (nSPS) is 11.1. The van der Waals surface area contributed by atoms with E-state index in [1.165, 1.54) is 11.4 Å². The number of esters is 1. The van der Waals surface area contributed by atoms with E-state index in [1.807, 2.05) is 0 Å². The highest BCUT2D eigenvalue weighted by Gasteiger charge is 2.31. The van der Waals surface area contributed by atoms with Crippen molar-refractivity contribution < 1.29 is 32.3 Å². The largest absolute Gasteiger partial charge is 0.454 e. The summed E-state index contributed by atoms with van der Waals surface area (Å²) in [6.07, 6.45) is -4.20. The number of anilines is 1. The molecule has 0 unspecified atom stereocenters. The van der Waals surface area contributed by atoms with Crippen molar-refractivity contribution in [2.45, 2.75) is 12.7 Å². The zero-order valence-corrected chi connectivity index (χ0v) is 14.2. The number of carbonyl (C=O) groups excluding carboxylic acids is 3. The monoisotopic (exact) mass is 403 g/mol. The summed E-state index contributed by atoms with van der Waals surface area (Å²) in [6, 6.07) is 2.66. The molecule has 0 saturated heterocycles. The second-order valence-corrected chi connectivity index (χ2v) is 6.03. The minimum absolute atomic E-state index is 0.0789. The first-order valence-corrected chi connectivity index (χ1v) is 8.06. The summed E-state index contributed by atoms with van der Waals surface area (Å²) in [4.78, 5) is 46.1. The summed E-state index contributed by atoms with van der Waals surface area (Å²) in [5, 5.41) is 4.00. The van der Waals surface area contributed by atoms with Gasteiger partial charge in [0.05, 0.1) is 11.1 Å². The predicted molar refractivity (Wildman–Crippen MR) is 88.1 cm³/mol. The Morgan fingerprint density at radius 1 is 1.22 bits per heavy atom.